The molecule has 0 aromatic carbocycles. The minimum absolute atomic E-state index is 0.109. The van der Waals surface area contributed by atoms with Crippen molar-refractivity contribution in [3.05, 3.63) is 18.3 Å². The highest BCUT2D eigenvalue weighted by Crippen LogP contribution is 2.30. The van der Waals surface area contributed by atoms with Crippen LogP contribution in [0.2, 0.25) is 0 Å². The van der Waals surface area contributed by atoms with E-state index in [-0.39, 0.29) is 18.0 Å². The molecule has 0 N–H and O–H groups in total. The largest absolute Gasteiger partial charge is 0.357 e. The number of carbonyl (C=O) groups is 2. The molecule has 2 fully saturated rings. The Bertz CT molecular complexity index is 544. The van der Waals surface area contributed by atoms with Crippen molar-refractivity contribution in [3.63, 3.8) is 0 Å². The van der Waals surface area contributed by atoms with Crippen molar-refractivity contribution >= 4 is 23.4 Å². The highest BCUT2D eigenvalue weighted by atomic mass is 16.2. The Labute approximate surface area is 130 Å². The second-order valence-corrected chi connectivity index (χ2v) is 5.71. The number of rotatable bonds is 4. The quantitative estimate of drug-likeness (QED) is 0.801. The lowest BCUT2D eigenvalue weighted by molar-refractivity contribution is -0.120. The van der Waals surface area contributed by atoms with E-state index in [2.05, 4.69) is 23.7 Å². The van der Waals surface area contributed by atoms with Gasteiger partial charge in [0, 0.05) is 19.6 Å². The summed E-state index contributed by atoms with van der Waals surface area (Å²) < 4.78 is 0. The Kier molecular flexibility index (Phi) is 4.00. The molecule has 0 bridgehead atoms. The van der Waals surface area contributed by atoms with Crippen LogP contribution in [0, 0.1) is 0 Å². The molecule has 3 amide bonds. The first-order chi connectivity index (χ1) is 10.7. The van der Waals surface area contributed by atoms with Crippen LogP contribution in [-0.4, -0.2) is 47.5 Å². The molecule has 3 heterocycles. The van der Waals surface area contributed by atoms with Crippen molar-refractivity contribution < 1.29 is 9.59 Å². The van der Waals surface area contributed by atoms with E-state index >= 15 is 0 Å². The van der Waals surface area contributed by atoms with E-state index in [0.717, 1.165) is 38.2 Å². The molecule has 1 aromatic rings. The number of imide groups is 1. The molecule has 1 atom stereocenters. The fourth-order valence-corrected chi connectivity index (χ4v) is 3.27. The third-order valence-electron chi connectivity index (χ3n) is 4.52. The SMILES string of the molecule is CCN(CC)c1ccc(N2C(=O)[C@H]3CCCCN3C2=O)cn1. The Morgan fingerprint density at radius 1 is 1.23 bits per heavy atom. The molecule has 1 aromatic heterocycles. The molecule has 0 radical (unpaired) electrons. The second-order valence-electron chi connectivity index (χ2n) is 5.71. The lowest BCUT2D eigenvalue weighted by Crippen LogP contribution is -2.39. The van der Waals surface area contributed by atoms with Gasteiger partial charge in [-0.05, 0) is 45.2 Å². The van der Waals surface area contributed by atoms with E-state index in [1.54, 1.807) is 11.1 Å². The number of urea groups is 1. The summed E-state index contributed by atoms with van der Waals surface area (Å²) in [6.45, 7) is 6.58. The predicted molar refractivity (Wildman–Crippen MR) is 85.0 cm³/mol. The van der Waals surface area contributed by atoms with E-state index < -0.39 is 0 Å². The lowest BCUT2D eigenvalue weighted by atomic mass is 10.0. The van der Waals surface area contributed by atoms with Crippen LogP contribution in [0.4, 0.5) is 16.3 Å². The second kappa shape index (κ2) is 5.94. The average Bonchev–Trinajstić information content (AvgIpc) is 2.81. The fraction of sp³-hybridized carbons (Fsp3) is 0.562. The third kappa shape index (κ3) is 2.32. The van der Waals surface area contributed by atoms with Gasteiger partial charge in [-0.3, -0.25) is 4.79 Å². The summed E-state index contributed by atoms with van der Waals surface area (Å²) in [5, 5.41) is 0. The normalized spacial score (nSPS) is 21.3. The molecule has 0 spiro atoms. The molecule has 118 valence electrons. The monoisotopic (exact) mass is 302 g/mol. The number of hydrogen-bond donors (Lipinski definition) is 0. The highest BCUT2D eigenvalue weighted by Gasteiger charge is 2.46. The predicted octanol–water partition coefficient (Wildman–Crippen LogP) is 2.25. The number of carbonyl (C=O) groups excluding carboxylic acids is 2. The van der Waals surface area contributed by atoms with Crippen LogP contribution in [-0.2, 0) is 4.79 Å². The van der Waals surface area contributed by atoms with Gasteiger partial charge >= 0.3 is 6.03 Å². The number of nitrogens with zero attached hydrogens (tertiary/aromatic N) is 4. The minimum Gasteiger partial charge on any atom is -0.357 e. The van der Waals surface area contributed by atoms with Gasteiger partial charge in [0.15, 0.2) is 0 Å². The number of hydrogen-bond acceptors (Lipinski definition) is 4. The number of amides is 3. The lowest BCUT2D eigenvalue weighted by Gasteiger charge is -2.25. The van der Waals surface area contributed by atoms with Crippen molar-refractivity contribution in [2.75, 3.05) is 29.4 Å². The average molecular weight is 302 g/mol. The molecule has 2 saturated heterocycles. The molecule has 3 rings (SSSR count). The van der Waals surface area contributed by atoms with E-state index in [0.29, 0.717) is 12.2 Å². The Hall–Kier alpha value is -2.11. The van der Waals surface area contributed by atoms with E-state index in [9.17, 15) is 9.59 Å². The Balaban J connectivity index is 1.84. The first-order valence-corrected chi connectivity index (χ1v) is 8.03. The zero-order valence-corrected chi connectivity index (χ0v) is 13.2. The van der Waals surface area contributed by atoms with Gasteiger partial charge < -0.3 is 9.80 Å². The highest BCUT2D eigenvalue weighted by molar-refractivity contribution is 6.21. The van der Waals surface area contributed by atoms with Crippen LogP contribution < -0.4 is 9.80 Å². The van der Waals surface area contributed by atoms with Crippen molar-refractivity contribution in [1.82, 2.24) is 9.88 Å². The molecule has 22 heavy (non-hydrogen) atoms. The number of pyridine rings is 1. The fourth-order valence-electron chi connectivity index (χ4n) is 3.27. The molecule has 0 aliphatic carbocycles. The molecule has 0 unspecified atom stereocenters. The van der Waals surface area contributed by atoms with Gasteiger partial charge in [-0.15, -0.1) is 0 Å². The van der Waals surface area contributed by atoms with Crippen LogP contribution in [0.15, 0.2) is 18.3 Å². The molecule has 6 nitrogen and oxygen atoms in total. The molecule has 2 aliphatic heterocycles. The molecule has 0 saturated carbocycles. The van der Waals surface area contributed by atoms with Crippen molar-refractivity contribution in [2.24, 2.45) is 0 Å². The number of piperidine rings is 1. The van der Waals surface area contributed by atoms with Gasteiger partial charge in [-0.25, -0.2) is 14.7 Å². The van der Waals surface area contributed by atoms with E-state index in [1.807, 2.05) is 12.1 Å². The first kappa shape index (κ1) is 14.8. The maximum atomic E-state index is 12.5. The van der Waals surface area contributed by atoms with Crippen LogP contribution >= 0.6 is 0 Å². The van der Waals surface area contributed by atoms with Gasteiger partial charge in [-0.1, -0.05) is 0 Å². The van der Waals surface area contributed by atoms with Crippen LogP contribution in [0.25, 0.3) is 0 Å². The first-order valence-electron chi connectivity index (χ1n) is 8.03. The zero-order valence-electron chi connectivity index (χ0n) is 13.2. The van der Waals surface area contributed by atoms with Gasteiger partial charge in [0.05, 0.1) is 11.9 Å². The summed E-state index contributed by atoms with van der Waals surface area (Å²) in [6, 6.07) is 3.21. The van der Waals surface area contributed by atoms with Crippen LogP contribution in [0.5, 0.6) is 0 Å². The number of anilines is 2. The van der Waals surface area contributed by atoms with Crippen LogP contribution in [0.3, 0.4) is 0 Å². The number of fused-ring (bicyclic) bond motifs is 1. The van der Waals surface area contributed by atoms with Crippen molar-refractivity contribution in [2.45, 2.75) is 39.2 Å². The number of aromatic nitrogens is 1. The summed E-state index contributed by atoms with van der Waals surface area (Å²) in [6.07, 6.45) is 4.38. The van der Waals surface area contributed by atoms with E-state index in [1.165, 1.54) is 4.90 Å². The maximum absolute atomic E-state index is 12.5. The summed E-state index contributed by atoms with van der Waals surface area (Å²) >= 11 is 0. The summed E-state index contributed by atoms with van der Waals surface area (Å²) in [7, 11) is 0. The zero-order chi connectivity index (χ0) is 15.7. The summed E-state index contributed by atoms with van der Waals surface area (Å²) in [5.74, 6) is 0.757. The van der Waals surface area contributed by atoms with Crippen molar-refractivity contribution in [1.29, 1.82) is 0 Å². The van der Waals surface area contributed by atoms with Gasteiger partial charge in [0.1, 0.15) is 11.9 Å². The summed E-state index contributed by atoms with van der Waals surface area (Å²) in [4.78, 5) is 34.5. The molecular weight excluding hydrogens is 280 g/mol. The standard InChI is InChI=1S/C16H22N4O2/c1-3-18(4-2)14-9-8-12(11-17-14)20-15(21)13-7-5-6-10-19(13)16(20)22/h8-9,11,13H,3-7,10H2,1-2H3/t13-/m1/s1. The topological polar surface area (TPSA) is 56.8 Å². The molecule has 2 aliphatic rings. The van der Waals surface area contributed by atoms with E-state index in [4.69, 9.17) is 0 Å². The van der Waals surface area contributed by atoms with Crippen LogP contribution in [0.1, 0.15) is 33.1 Å². The van der Waals surface area contributed by atoms with Crippen molar-refractivity contribution in [3.8, 4) is 0 Å². The Morgan fingerprint density at radius 2 is 2.00 bits per heavy atom. The molecular formula is C16H22N4O2. The molecule has 6 heteroatoms. The van der Waals surface area contributed by atoms with Gasteiger partial charge in [-0.2, -0.15) is 0 Å². The maximum Gasteiger partial charge on any atom is 0.332 e. The summed E-state index contributed by atoms with van der Waals surface area (Å²) in [5.41, 5.74) is 0.570. The Morgan fingerprint density at radius 3 is 2.59 bits per heavy atom. The van der Waals surface area contributed by atoms with Gasteiger partial charge in [0.2, 0.25) is 0 Å². The third-order valence-corrected chi connectivity index (χ3v) is 4.52. The van der Waals surface area contributed by atoms with Gasteiger partial charge in [0.25, 0.3) is 5.91 Å². The minimum atomic E-state index is -0.274. The smallest absolute Gasteiger partial charge is 0.332 e.